The number of fused-ring (bicyclic) bond motifs is 1. The monoisotopic (exact) mass is 586 g/mol. The van der Waals surface area contributed by atoms with E-state index in [0.717, 1.165) is 24.8 Å². The van der Waals surface area contributed by atoms with E-state index in [1.54, 1.807) is 39.0 Å². The topological polar surface area (TPSA) is 118 Å². The average molecular weight is 587 g/mol. The van der Waals surface area contributed by atoms with Crippen molar-refractivity contribution in [2.45, 2.75) is 78.4 Å². The summed E-state index contributed by atoms with van der Waals surface area (Å²) in [6.07, 6.45) is 2.84. The number of aliphatic hydroxyl groups excluding tert-OH is 1. The fraction of sp³-hybridized carbons (Fsp3) is 0.531. The van der Waals surface area contributed by atoms with Gasteiger partial charge in [0, 0.05) is 18.5 Å². The summed E-state index contributed by atoms with van der Waals surface area (Å²) in [5, 5.41) is 23.5. The number of nitrogens with one attached hydrogen (secondary N) is 1. The molecule has 0 saturated heterocycles. The van der Waals surface area contributed by atoms with Crippen LogP contribution < -0.4 is 10.1 Å². The highest BCUT2D eigenvalue weighted by Crippen LogP contribution is 2.32. The van der Waals surface area contributed by atoms with Gasteiger partial charge < -0.3 is 24.6 Å². The maximum absolute atomic E-state index is 12.1. The van der Waals surface area contributed by atoms with Gasteiger partial charge in [0.1, 0.15) is 24.5 Å². The molecule has 2 aromatic rings. The largest absolute Gasteiger partial charge is 0.489 e. The first kappa shape index (κ1) is 34.1. The third-order valence-corrected chi connectivity index (χ3v) is 6.99. The van der Waals surface area contributed by atoms with Gasteiger partial charge >= 0.3 is 11.9 Å². The van der Waals surface area contributed by atoms with Crippen LogP contribution in [-0.2, 0) is 38.3 Å². The van der Waals surface area contributed by atoms with Crippen molar-refractivity contribution in [1.29, 1.82) is 5.26 Å². The molecule has 0 aliphatic heterocycles. The summed E-state index contributed by atoms with van der Waals surface area (Å²) in [7, 11) is 0. The van der Waals surface area contributed by atoms with Gasteiger partial charge in [-0.3, -0.25) is 9.59 Å². The van der Waals surface area contributed by atoms with E-state index >= 15 is 0 Å². The standard InChI is InChI=1S/C32H42N2O6.ClH/c1-31(2,3)30(37)40-21-39-29(36)13-11-22-10-12-26(18-33)28(16-22)38-20-27(35)19-34-32(4,5)17-23-14-24-8-6-7-9-25(24)15-23;/h6-10,12,16,23,27,34-35H,11,13-15,17,19-21H2,1-5H3;1H/t27-;/m1./s1. The van der Waals surface area contributed by atoms with Gasteiger partial charge in [-0.05, 0) is 95.0 Å². The minimum absolute atomic E-state index is 0. The number of β-amino-alcohol motifs (C(OH)–C–C–N with tert-alkyl or cyclic N) is 1. The zero-order valence-electron chi connectivity index (χ0n) is 24.7. The Morgan fingerprint density at radius 2 is 1.73 bits per heavy atom. The summed E-state index contributed by atoms with van der Waals surface area (Å²) < 4.78 is 15.8. The van der Waals surface area contributed by atoms with E-state index in [-0.39, 0.29) is 31.0 Å². The number of nitrogens with zero attached hydrogens (tertiary/aromatic N) is 1. The van der Waals surface area contributed by atoms with Crippen molar-refractivity contribution < 1.29 is 28.9 Å². The molecule has 41 heavy (non-hydrogen) atoms. The van der Waals surface area contributed by atoms with E-state index in [1.165, 1.54) is 11.1 Å². The van der Waals surface area contributed by atoms with Crippen molar-refractivity contribution in [3.8, 4) is 11.8 Å². The Labute approximate surface area is 249 Å². The fourth-order valence-corrected chi connectivity index (χ4v) is 4.84. The lowest BCUT2D eigenvalue weighted by atomic mass is 9.88. The van der Waals surface area contributed by atoms with Gasteiger partial charge in [-0.2, -0.15) is 5.26 Å². The smallest absolute Gasteiger partial charge is 0.314 e. The molecule has 2 aromatic carbocycles. The number of ether oxygens (including phenoxy) is 3. The predicted octanol–water partition coefficient (Wildman–Crippen LogP) is 4.92. The molecule has 224 valence electrons. The van der Waals surface area contributed by atoms with Crippen LogP contribution in [-0.4, -0.2) is 48.6 Å². The number of carbonyl (C=O) groups excluding carboxylic acids is 2. The molecular weight excluding hydrogens is 544 g/mol. The molecule has 1 aliphatic rings. The van der Waals surface area contributed by atoms with Gasteiger partial charge in [-0.1, -0.05) is 30.3 Å². The van der Waals surface area contributed by atoms with E-state index in [1.807, 2.05) is 0 Å². The first-order valence-electron chi connectivity index (χ1n) is 13.8. The Balaban J connectivity index is 0.00000588. The molecule has 0 unspecified atom stereocenters. The molecule has 0 heterocycles. The molecule has 8 nitrogen and oxygen atoms in total. The predicted molar refractivity (Wildman–Crippen MR) is 159 cm³/mol. The number of hydrogen-bond acceptors (Lipinski definition) is 8. The number of benzene rings is 2. The van der Waals surface area contributed by atoms with Crippen LogP contribution in [0.15, 0.2) is 42.5 Å². The number of hydrogen-bond donors (Lipinski definition) is 2. The summed E-state index contributed by atoms with van der Waals surface area (Å²) in [6, 6.07) is 15.8. The zero-order chi connectivity index (χ0) is 29.3. The van der Waals surface area contributed by atoms with Gasteiger partial charge in [-0.15, -0.1) is 12.4 Å². The van der Waals surface area contributed by atoms with Crippen molar-refractivity contribution in [3.05, 3.63) is 64.7 Å². The first-order valence-corrected chi connectivity index (χ1v) is 13.8. The van der Waals surface area contributed by atoms with E-state index in [2.05, 4.69) is 49.5 Å². The summed E-state index contributed by atoms with van der Waals surface area (Å²) >= 11 is 0. The number of aliphatic hydroxyl groups is 1. The van der Waals surface area contributed by atoms with Crippen LogP contribution in [0, 0.1) is 22.7 Å². The van der Waals surface area contributed by atoms with Gasteiger partial charge in [0.15, 0.2) is 0 Å². The second-order valence-electron chi connectivity index (χ2n) is 12.2. The molecule has 3 rings (SSSR count). The Morgan fingerprint density at radius 1 is 1.07 bits per heavy atom. The van der Waals surface area contributed by atoms with Crippen LogP contribution in [0.4, 0.5) is 0 Å². The second kappa shape index (κ2) is 15.2. The molecule has 1 atom stereocenters. The van der Waals surface area contributed by atoms with Crippen LogP contribution >= 0.6 is 12.4 Å². The Bertz CT molecular complexity index is 1190. The molecule has 2 N–H and O–H groups in total. The molecule has 0 aromatic heterocycles. The molecule has 0 amide bonds. The van der Waals surface area contributed by atoms with Crippen molar-refractivity contribution in [2.75, 3.05) is 19.9 Å². The zero-order valence-corrected chi connectivity index (χ0v) is 25.5. The van der Waals surface area contributed by atoms with Crippen LogP contribution in [0.5, 0.6) is 5.75 Å². The Morgan fingerprint density at radius 3 is 2.34 bits per heavy atom. The number of halogens is 1. The van der Waals surface area contributed by atoms with E-state index in [9.17, 15) is 20.0 Å². The third-order valence-electron chi connectivity index (χ3n) is 6.99. The minimum Gasteiger partial charge on any atom is -0.489 e. The van der Waals surface area contributed by atoms with Crippen molar-refractivity contribution in [3.63, 3.8) is 0 Å². The molecule has 0 radical (unpaired) electrons. The second-order valence-corrected chi connectivity index (χ2v) is 12.2. The third kappa shape index (κ3) is 11.0. The van der Waals surface area contributed by atoms with Crippen molar-refractivity contribution >= 4 is 24.3 Å². The maximum Gasteiger partial charge on any atom is 0.314 e. The molecule has 1 aliphatic carbocycles. The fourth-order valence-electron chi connectivity index (χ4n) is 4.84. The summed E-state index contributed by atoms with van der Waals surface area (Å²) in [6.45, 7) is 9.42. The van der Waals surface area contributed by atoms with Crippen LogP contribution in [0.25, 0.3) is 0 Å². The maximum atomic E-state index is 12.1. The van der Waals surface area contributed by atoms with Crippen molar-refractivity contribution in [2.24, 2.45) is 11.3 Å². The SMILES string of the molecule is CC(C)(CC1Cc2ccccc2C1)NC[C@@H](O)COc1cc(CCC(=O)OCOC(=O)C(C)(C)C)ccc1C#N.Cl. The van der Waals surface area contributed by atoms with Gasteiger partial charge in [0.2, 0.25) is 6.79 Å². The molecule has 0 spiro atoms. The normalized spacial score (nSPS) is 13.9. The Kier molecular flexibility index (Phi) is 12.6. The molecule has 0 fully saturated rings. The quantitative estimate of drug-likeness (QED) is 0.251. The number of rotatable bonds is 13. The van der Waals surface area contributed by atoms with Gasteiger partial charge in [-0.25, -0.2) is 0 Å². The highest BCUT2D eigenvalue weighted by molar-refractivity contribution is 5.85. The number of carbonyl (C=O) groups is 2. The highest BCUT2D eigenvalue weighted by Gasteiger charge is 2.28. The summed E-state index contributed by atoms with van der Waals surface area (Å²) in [5.41, 5.74) is 3.18. The molecule has 9 heteroatoms. The highest BCUT2D eigenvalue weighted by atomic mass is 35.5. The van der Waals surface area contributed by atoms with E-state index < -0.39 is 30.3 Å². The average Bonchev–Trinajstić information content (AvgIpc) is 3.30. The van der Waals surface area contributed by atoms with Crippen LogP contribution in [0.1, 0.15) is 69.7 Å². The minimum atomic E-state index is -0.763. The first-order chi connectivity index (χ1) is 18.9. The van der Waals surface area contributed by atoms with E-state index in [0.29, 0.717) is 30.2 Å². The lowest BCUT2D eigenvalue weighted by Gasteiger charge is -2.30. The number of aryl methyl sites for hydroxylation is 1. The van der Waals surface area contributed by atoms with Crippen molar-refractivity contribution in [1.82, 2.24) is 5.32 Å². The van der Waals surface area contributed by atoms with E-state index in [4.69, 9.17) is 14.2 Å². The summed E-state index contributed by atoms with van der Waals surface area (Å²) in [4.78, 5) is 23.8. The van der Waals surface area contributed by atoms with Crippen LogP contribution in [0.3, 0.4) is 0 Å². The van der Waals surface area contributed by atoms with Gasteiger partial charge in [0.05, 0.1) is 11.0 Å². The lowest BCUT2D eigenvalue weighted by Crippen LogP contribution is -2.46. The Hall–Kier alpha value is -3.12. The molecular formula is C32H43ClN2O6. The van der Waals surface area contributed by atoms with Crippen LogP contribution in [0.2, 0.25) is 0 Å². The lowest BCUT2D eigenvalue weighted by molar-refractivity contribution is -0.173. The molecule has 0 bridgehead atoms. The number of esters is 2. The van der Waals surface area contributed by atoms with Gasteiger partial charge in [0.25, 0.3) is 0 Å². The summed E-state index contributed by atoms with van der Waals surface area (Å²) in [5.74, 6) is -0.0198. The number of nitriles is 1. The molecule has 0 saturated carbocycles.